The lowest BCUT2D eigenvalue weighted by atomic mass is 10.1. The normalized spacial score (nSPS) is 13.1. The Kier molecular flexibility index (Phi) is 6.25. The summed E-state index contributed by atoms with van der Waals surface area (Å²) in [5.41, 5.74) is 0.909. The van der Waals surface area contributed by atoms with Crippen LogP contribution in [0.2, 0.25) is 5.02 Å². The molecule has 0 atom stereocenters. The van der Waals surface area contributed by atoms with Gasteiger partial charge in [-0.05, 0) is 31.0 Å². The summed E-state index contributed by atoms with van der Waals surface area (Å²) in [6.07, 6.45) is 2.00. The molecule has 1 aromatic carbocycles. The Balaban J connectivity index is 1.94. The van der Waals surface area contributed by atoms with Crippen molar-refractivity contribution >= 4 is 35.0 Å². The number of halogens is 1. The van der Waals surface area contributed by atoms with Crippen LogP contribution in [0, 0.1) is 0 Å². The molecule has 25 heavy (non-hydrogen) atoms. The third kappa shape index (κ3) is 5.63. The maximum absolute atomic E-state index is 12.2. The zero-order chi connectivity index (χ0) is 18.6. The van der Waals surface area contributed by atoms with Gasteiger partial charge < -0.3 is 20.4 Å². The standard InChI is InChI=1S/C17H23ClN4O3/c1-21(2)17(25)13-7-4-11(18)8-14(13)19-9-16(24)22(3)10-15(23)20-12-5-6-12/h4,7-8,12,19H,5-6,9-10H2,1-3H3,(H,20,23). The van der Waals surface area contributed by atoms with Crippen LogP contribution in [0.3, 0.4) is 0 Å². The number of amides is 3. The predicted octanol–water partition coefficient (Wildman–Crippen LogP) is 1.19. The largest absolute Gasteiger partial charge is 0.375 e. The van der Waals surface area contributed by atoms with Crippen molar-refractivity contribution in [2.24, 2.45) is 0 Å². The molecule has 0 spiro atoms. The van der Waals surface area contributed by atoms with Crippen molar-refractivity contribution in [2.45, 2.75) is 18.9 Å². The molecule has 0 aliphatic heterocycles. The van der Waals surface area contributed by atoms with Crippen LogP contribution in [0.1, 0.15) is 23.2 Å². The number of likely N-dealkylation sites (N-methyl/N-ethyl adjacent to an activating group) is 1. The number of nitrogens with one attached hydrogen (secondary N) is 2. The molecule has 0 heterocycles. The van der Waals surface area contributed by atoms with Gasteiger partial charge in [0.2, 0.25) is 11.8 Å². The summed E-state index contributed by atoms with van der Waals surface area (Å²) in [5, 5.41) is 6.24. The molecular weight excluding hydrogens is 344 g/mol. The van der Waals surface area contributed by atoms with Gasteiger partial charge in [-0.15, -0.1) is 0 Å². The van der Waals surface area contributed by atoms with E-state index in [1.807, 2.05) is 0 Å². The molecule has 7 nitrogen and oxygen atoms in total. The van der Waals surface area contributed by atoms with Crippen LogP contribution in [-0.2, 0) is 9.59 Å². The van der Waals surface area contributed by atoms with E-state index in [0.717, 1.165) is 12.8 Å². The molecule has 0 radical (unpaired) electrons. The van der Waals surface area contributed by atoms with Gasteiger partial charge in [0.25, 0.3) is 5.91 Å². The molecule has 2 N–H and O–H groups in total. The van der Waals surface area contributed by atoms with Crippen LogP contribution in [-0.4, -0.2) is 67.8 Å². The fourth-order valence-electron chi connectivity index (χ4n) is 2.20. The molecule has 0 aromatic heterocycles. The van der Waals surface area contributed by atoms with Gasteiger partial charge in [-0.1, -0.05) is 11.6 Å². The number of benzene rings is 1. The van der Waals surface area contributed by atoms with Gasteiger partial charge in [0.1, 0.15) is 0 Å². The molecule has 2 rings (SSSR count). The van der Waals surface area contributed by atoms with Gasteiger partial charge in [0.15, 0.2) is 0 Å². The maximum Gasteiger partial charge on any atom is 0.255 e. The number of nitrogens with zero attached hydrogens (tertiary/aromatic N) is 2. The monoisotopic (exact) mass is 366 g/mol. The van der Waals surface area contributed by atoms with E-state index in [0.29, 0.717) is 16.3 Å². The molecular formula is C17H23ClN4O3. The first-order valence-electron chi connectivity index (χ1n) is 8.06. The summed E-state index contributed by atoms with van der Waals surface area (Å²) in [7, 11) is 4.87. The number of hydrogen-bond acceptors (Lipinski definition) is 4. The fourth-order valence-corrected chi connectivity index (χ4v) is 2.37. The van der Waals surface area contributed by atoms with Crippen molar-refractivity contribution in [3.63, 3.8) is 0 Å². The molecule has 136 valence electrons. The Labute approximate surface area is 152 Å². The molecule has 0 unspecified atom stereocenters. The predicted molar refractivity (Wildman–Crippen MR) is 96.8 cm³/mol. The van der Waals surface area contributed by atoms with E-state index in [9.17, 15) is 14.4 Å². The second kappa shape index (κ2) is 8.20. The molecule has 1 aromatic rings. The van der Waals surface area contributed by atoms with Gasteiger partial charge >= 0.3 is 0 Å². The minimum absolute atomic E-state index is 0.00996. The van der Waals surface area contributed by atoms with E-state index < -0.39 is 0 Å². The fraction of sp³-hybridized carbons (Fsp3) is 0.471. The van der Waals surface area contributed by atoms with Crippen LogP contribution in [0.5, 0.6) is 0 Å². The Bertz CT molecular complexity index is 674. The highest BCUT2D eigenvalue weighted by Gasteiger charge is 2.24. The van der Waals surface area contributed by atoms with Crippen molar-refractivity contribution < 1.29 is 14.4 Å². The van der Waals surface area contributed by atoms with Gasteiger partial charge in [-0.25, -0.2) is 0 Å². The first kappa shape index (κ1) is 19.1. The van der Waals surface area contributed by atoms with Gasteiger partial charge in [0.05, 0.1) is 18.7 Å². The first-order chi connectivity index (χ1) is 11.8. The zero-order valence-electron chi connectivity index (χ0n) is 14.6. The minimum Gasteiger partial charge on any atom is -0.375 e. The lowest BCUT2D eigenvalue weighted by Gasteiger charge is -2.19. The number of carbonyl (C=O) groups is 3. The molecule has 1 aliphatic rings. The summed E-state index contributed by atoms with van der Waals surface area (Å²) in [6.45, 7) is -0.0305. The van der Waals surface area contributed by atoms with Gasteiger partial charge in [0, 0.05) is 37.9 Å². The topological polar surface area (TPSA) is 81.8 Å². The quantitative estimate of drug-likeness (QED) is 0.759. The smallest absolute Gasteiger partial charge is 0.255 e. The highest BCUT2D eigenvalue weighted by molar-refractivity contribution is 6.31. The van der Waals surface area contributed by atoms with Crippen LogP contribution < -0.4 is 10.6 Å². The lowest BCUT2D eigenvalue weighted by Crippen LogP contribution is -2.41. The van der Waals surface area contributed by atoms with Gasteiger partial charge in [-0.2, -0.15) is 0 Å². The van der Waals surface area contributed by atoms with E-state index in [1.165, 1.54) is 9.80 Å². The van der Waals surface area contributed by atoms with Crippen LogP contribution in [0.25, 0.3) is 0 Å². The zero-order valence-corrected chi connectivity index (χ0v) is 15.4. The van der Waals surface area contributed by atoms with Gasteiger partial charge in [-0.3, -0.25) is 14.4 Å². The van der Waals surface area contributed by atoms with Crippen molar-refractivity contribution in [1.82, 2.24) is 15.1 Å². The lowest BCUT2D eigenvalue weighted by molar-refractivity contribution is -0.133. The van der Waals surface area contributed by atoms with E-state index >= 15 is 0 Å². The second-order valence-corrected chi connectivity index (χ2v) is 6.77. The summed E-state index contributed by atoms with van der Waals surface area (Å²) < 4.78 is 0. The van der Waals surface area contributed by atoms with E-state index in [1.54, 1.807) is 39.3 Å². The van der Waals surface area contributed by atoms with E-state index in [4.69, 9.17) is 11.6 Å². The molecule has 1 fully saturated rings. The Morgan fingerprint density at radius 3 is 2.48 bits per heavy atom. The number of carbonyl (C=O) groups excluding carboxylic acids is 3. The Hall–Kier alpha value is -2.28. The van der Waals surface area contributed by atoms with Crippen molar-refractivity contribution in [1.29, 1.82) is 0 Å². The SMILES string of the molecule is CN(C)C(=O)c1ccc(Cl)cc1NCC(=O)N(C)CC(=O)NC1CC1. The Morgan fingerprint density at radius 1 is 1.20 bits per heavy atom. The minimum atomic E-state index is -0.255. The molecule has 0 bridgehead atoms. The van der Waals surface area contributed by atoms with Crippen molar-refractivity contribution in [3.8, 4) is 0 Å². The average molecular weight is 367 g/mol. The van der Waals surface area contributed by atoms with Crippen LogP contribution >= 0.6 is 11.6 Å². The van der Waals surface area contributed by atoms with Crippen LogP contribution in [0.4, 0.5) is 5.69 Å². The number of rotatable bonds is 7. The molecule has 3 amide bonds. The summed E-state index contributed by atoms with van der Waals surface area (Å²) in [4.78, 5) is 39.0. The molecule has 1 aliphatic carbocycles. The van der Waals surface area contributed by atoms with E-state index in [2.05, 4.69) is 10.6 Å². The molecule has 8 heteroatoms. The molecule has 0 saturated heterocycles. The third-order valence-electron chi connectivity index (χ3n) is 3.80. The Morgan fingerprint density at radius 2 is 1.88 bits per heavy atom. The molecule has 1 saturated carbocycles. The van der Waals surface area contributed by atoms with Crippen molar-refractivity contribution in [2.75, 3.05) is 39.5 Å². The summed E-state index contributed by atoms with van der Waals surface area (Å²) in [6, 6.07) is 5.11. The third-order valence-corrected chi connectivity index (χ3v) is 4.03. The first-order valence-corrected chi connectivity index (χ1v) is 8.44. The van der Waals surface area contributed by atoms with Crippen molar-refractivity contribution in [3.05, 3.63) is 28.8 Å². The second-order valence-electron chi connectivity index (χ2n) is 6.33. The highest BCUT2D eigenvalue weighted by Crippen LogP contribution is 2.22. The number of hydrogen-bond donors (Lipinski definition) is 2. The maximum atomic E-state index is 12.2. The van der Waals surface area contributed by atoms with Crippen LogP contribution in [0.15, 0.2) is 18.2 Å². The van der Waals surface area contributed by atoms with E-state index in [-0.39, 0.29) is 36.9 Å². The average Bonchev–Trinajstić information content (AvgIpc) is 3.35. The summed E-state index contributed by atoms with van der Waals surface area (Å²) in [5.74, 6) is -0.609. The highest BCUT2D eigenvalue weighted by atomic mass is 35.5. The number of anilines is 1. The summed E-state index contributed by atoms with van der Waals surface area (Å²) >= 11 is 5.99.